The second-order valence-corrected chi connectivity index (χ2v) is 5.54. The summed E-state index contributed by atoms with van der Waals surface area (Å²) in [4.78, 5) is 13.7. The predicted molar refractivity (Wildman–Crippen MR) is 52.5 cm³/mol. The van der Waals surface area contributed by atoms with Crippen LogP contribution in [0, 0.1) is 11.8 Å². The van der Waals surface area contributed by atoms with Gasteiger partial charge in [0.1, 0.15) is 5.78 Å². The number of hydrogen-bond acceptors (Lipinski definition) is 2. The number of hydrogen-bond donors (Lipinski definition) is 0. The predicted octanol–water partition coefficient (Wildman–Crippen LogP) is 1.70. The molecule has 2 unspecified atom stereocenters. The Hall–Kier alpha value is -0.370. The highest BCUT2D eigenvalue weighted by atomic mass is 16.1. The number of rotatable bonds is 0. The highest BCUT2D eigenvalue weighted by Crippen LogP contribution is 2.38. The van der Waals surface area contributed by atoms with E-state index in [1.807, 2.05) is 0 Å². The summed E-state index contributed by atoms with van der Waals surface area (Å²) in [5.74, 6) is 1.84. The quantitative estimate of drug-likeness (QED) is 0.567. The van der Waals surface area contributed by atoms with Gasteiger partial charge in [0, 0.05) is 31.5 Å². The van der Waals surface area contributed by atoms with Crippen LogP contribution in [0.3, 0.4) is 0 Å². The lowest BCUT2D eigenvalue weighted by molar-refractivity contribution is -0.118. The molecule has 0 aromatic rings. The third kappa shape index (κ3) is 1.64. The Balaban J connectivity index is 2.01. The number of Topliss-reactive ketones (excluding diaryl/α,β-unsaturated/α-hetero) is 1. The van der Waals surface area contributed by atoms with Crippen LogP contribution in [0.1, 0.15) is 33.6 Å². The number of nitrogens with zero attached hydrogens (tertiary/aromatic N) is 1. The van der Waals surface area contributed by atoms with E-state index in [1.54, 1.807) is 0 Å². The molecule has 2 nitrogen and oxygen atoms in total. The molecular formula is C11H19NO. The van der Waals surface area contributed by atoms with Gasteiger partial charge in [0.25, 0.3) is 0 Å². The second-order valence-electron chi connectivity index (χ2n) is 5.54. The first-order valence-electron chi connectivity index (χ1n) is 5.23. The summed E-state index contributed by atoms with van der Waals surface area (Å²) in [6.45, 7) is 9.06. The number of carbonyl (C=O) groups is 1. The van der Waals surface area contributed by atoms with Gasteiger partial charge in [-0.15, -0.1) is 0 Å². The fourth-order valence-electron chi connectivity index (χ4n) is 2.62. The summed E-state index contributed by atoms with van der Waals surface area (Å²) in [6, 6.07) is 0. The molecule has 0 radical (unpaired) electrons. The molecule has 2 atom stereocenters. The minimum atomic E-state index is 0.285. The van der Waals surface area contributed by atoms with Gasteiger partial charge in [0.15, 0.2) is 0 Å². The summed E-state index contributed by atoms with van der Waals surface area (Å²) in [6.07, 6.45) is 1.69. The maximum absolute atomic E-state index is 11.2. The third-order valence-electron chi connectivity index (χ3n) is 3.50. The molecule has 2 aliphatic rings. The standard InChI is InChI=1S/C11H19NO/c1-11(2,3)12-6-8-4-10(13)5-9(8)7-12/h8-9H,4-7H2,1-3H3. The zero-order chi connectivity index (χ0) is 9.64. The molecule has 13 heavy (non-hydrogen) atoms. The average molecular weight is 181 g/mol. The van der Waals surface area contributed by atoms with E-state index < -0.39 is 0 Å². The molecular weight excluding hydrogens is 162 g/mol. The van der Waals surface area contributed by atoms with Gasteiger partial charge in [-0.3, -0.25) is 9.69 Å². The minimum Gasteiger partial charge on any atom is -0.300 e. The second kappa shape index (κ2) is 2.81. The van der Waals surface area contributed by atoms with Crippen molar-refractivity contribution in [3.63, 3.8) is 0 Å². The van der Waals surface area contributed by atoms with Crippen LogP contribution in [-0.2, 0) is 4.79 Å². The van der Waals surface area contributed by atoms with Crippen LogP contribution in [0.15, 0.2) is 0 Å². The Morgan fingerprint density at radius 3 is 2.00 bits per heavy atom. The molecule has 1 aliphatic carbocycles. The van der Waals surface area contributed by atoms with Crippen LogP contribution < -0.4 is 0 Å². The number of fused-ring (bicyclic) bond motifs is 1. The van der Waals surface area contributed by atoms with Gasteiger partial charge in [0.2, 0.25) is 0 Å². The molecule has 0 spiro atoms. The highest BCUT2D eigenvalue weighted by molar-refractivity contribution is 5.81. The Bertz CT molecular complexity index is 213. The zero-order valence-electron chi connectivity index (χ0n) is 8.84. The number of likely N-dealkylation sites (tertiary alicyclic amines) is 1. The van der Waals surface area contributed by atoms with Crippen LogP contribution in [0.4, 0.5) is 0 Å². The van der Waals surface area contributed by atoms with E-state index in [1.165, 1.54) is 0 Å². The van der Waals surface area contributed by atoms with Crippen molar-refractivity contribution in [3.05, 3.63) is 0 Å². The molecule has 1 saturated heterocycles. The molecule has 0 aromatic carbocycles. The van der Waals surface area contributed by atoms with Crippen molar-refractivity contribution < 1.29 is 4.79 Å². The molecule has 2 rings (SSSR count). The molecule has 1 aliphatic heterocycles. The Kier molecular flexibility index (Phi) is 1.99. The van der Waals surface area contributed by atoms with Crippen molar-refractivity contribution in [2.75, 3.05) is 13.1 Å². The summed E-state index contributed by atoms with van der Waals surface area (Å²) in [5.41, 5.74) is 0.285. The maximum Gasteiger partial charge on any atom is 0.133 e. The first kappa shape index (κ1) is 9.20. The van der Waals surface area contributed by atoms with E-state index in [9.17, 15) is 4.79 Å². The van der Waals surface area contributed by atoms with E-state index in [2.05, 4.69) is 25.7 Å². The van der Waals surface area contributed by atoms with Crippen molar-refractivity contribution in [1.82, 2.24) is 4.90 Å². The first-order valence-corrected chi connectivity index (χ1v) is 5.23. The molecule has 0 amide bonds. The molecule has 0 aromatic heterocycles. The van der Waals surface area contributed by atoms with Gasteiger partial charge < -0.3 is 0 Å². The smallest absolute Gasteiger partial charge is 0.133 e. The average Bonchev–Trinajstić information content (AvgIpc) is 2.40. The minimum absolute atomic E-state index is 0.285. The largest absolute Gasteiger partial charge is 0.300 e. The molecule has 0 bridgehead atoms. The summed E-state index contributed by atoms with van der Waals surface area (Å²) in [5, 5.41) is 0. The topological polar surface area (TPSA) is 20.3 Å². The Labute approximate surface area is 80.3 Å². The number of carbonyl (C=O) groups excluding carboxylic acids is 1. The zero-order valence-corrected chi connectivity index (χ0v) is 8.84. The van der Waals surface area contributed by atoms with Crippen LogP contribution in [0.2, 0.25) is 0 Å². The summed E-state index contributed by atoms with van der Waals surface area (Å²) in [7, 11) is 0. The molecule has 2 fully saturated rings. The molecule has 0 N–H and O–H groups in total. The molecule has 2 heteroatoms. The lowest BCUT2D eigenvalue weighted by Crippen LogP contribution is -2.40. The normalized spacial score (nSPS) is 35.5. The SMILES string of the molecule is CC(C)(C)N1CC2CC(=O)CC2C1. The maximum atomic E-state index is 11.2. The summed E-state index contributed by atoms with van der Waals surface area (Å²) >= 11 is 0. The van der Waals surface area contributed by atoms with Crippen LogP contribution in [-0.4, -0.2) is 29.3 Å². The van der Waals surface area contributed by atoms with Crippen molar-refractivity contribution >= 4 is 5.78 Å². The molecule has 74 valence electrons. The first-order chi connectivity index (χ1) is 5.97. The van der Waals surface area contributed by atoms with Crippen molar-refractivity contribution in [2.24, 2.45) is 11.8 Å². The van der Waals surface area contributed by atoms with Crippen LogP contribution in [0.25, 0.3) is 0 Å². The van der Waals surface area contributed by atoms with Gasteiger partial charge in [-0.05, 0) is 32.6 Å². The van der Waals surface area contributed by atoms with Crippen LogP contribution in [0.5, 0.6) is 0 Å². The van der Waals surface area contributed by atoms with Crippen molar-refractivity contribution in [3.8, 4) is 0 Å². The Morgan fingerprint density at radius 1 is 1.15 bits per heavy atom. The lowest BCUT2D eigenvalue weighted by atomic mass is 10.0. The van der Waals surface area contributed by atoms with Gasteiger partial charge in [0.05, 0.1) is 0 Å². The van der Waals surface area contributed by atoms with Crippen molar-refractivity contribution in [1.29, 1.82) is 0 Å². The van der Waals surface area contributed by atoms with Crippen molar-refractivity contribution in [2.45, 2.75) is 39.2 Å². The monoisotopic (exact) mass is 181 g/mol. The lowest BCUT2D eigenvalue weighted by Gasteiger charge is -2.32. The van der Waals surface area contributed by atoms with E-state index in [0.717, 1.165) is 25.9 Å². The third-order valence-corrected chi connectivity index (χ3v) is 3.50. The van der Waals surface area contributed by atoms with E-state index in [4.69, 9.17) is 0 Å². The van der Waals surface area contributed by atoms with Gasteiger partial charge in [-0.25, -0.2) is 0 Å². The van der Waals surface area contributed by atoms with Gasteiger partial charge >= 0.3 is 0 Å². The highest BCUT2D eigenvalue weighted by Gasteiger charge is 2.42. The molecule has 1 heterocycles. The van der Waals surface area contributed by atoms with Gasteiger partial charge in [-0.1, -0.05) is 0 Å². The fourth-order valence-corrected chi connectivity index (χ4v) is 2.62. The Morgan fingerprint density at radius 2 is 1.62 bits per heavy atom. The summed E-state index contributed by atoms with van der Waals surface area (Å²) < 4.78 is 0. The molecule has 1 saturated carbocycles. The van der Waals surface area contributed by atoms with E-state index in [-0.39, 0.29) is 5.54 Å². The fraction of sp³-hybridized carbons (Fsp3) is 0.909. The number of ketones is 1. The van der Waals surface area contributed by atoms with E-state index in [0.29, 0.717) is 17.6 Å². The van der Waals surface area contributed by atoms with Crippen LogP contribution >= 0.6 is 0 Å². The van der Waals surface area contributed by atoms with Gasteiger partial charge in [-0.2, -0.15) is 0 Å². The van der Waals surface area contributed by atoms with E-state index >= 15 is 0 Å².